The van der Waals surface area contributed by atoms with Crippen LogP contribution in [0, 0.1) is 0 Å². The van der Waals surface area contributed by atoms with Gasteiger partial charge < -0.3 is 23.9 Å². The quantitative estimate of drug-likeness (QED) is 0.838. The number of rotatable bonds is 6. The van der Waals surface area contributed by atoms with Crippen LogP contribution in [-0.4, -0.2) is 32.3 Å². The maximum absolute atomic E-state index is 12.2. The average Bonchev–Trinajstić information content (AvgIpc) is 2.69. The number of ether oxygens (including phenoxy) is 3. The molecule has 0 spiro atoms. The number of carbonyl (C=O) groups excluding carboxylic acids is 1. The van der Waals surface area contributed by atoms with Gasteiger partial charge in [-0.05, 0) is 43.9 Å². The highest BCUT2D eigenvalue weighted by atomic mass is 16.5. The van der Waals surface area contributed by atoms with E-state index in [1.165, 1.54) is 18.4 Å². The number of carbonyl (C=O) groups is 1. The summed E-state index contributed by atoms with van der Waals surface area (Å²) in [5.74, 6) is 1.63. The van der Waals surface area contributed by atoms with Crippen LogP contribution < -0.4 is 25.2 Å². The lowest BCUT2D eigenvalue weighted by atomic mass is 9.92. The van der Waals surface area contributed by atoms with Crippen LogP contribution in [0.15, 0.2) is 45.8 Å². The third kappa shape index (κ3) is 4.61. The highest BCUT2D eigenvalue weighted by Gasteiger charge is 2.25. The summed E-state index contributed by atoms with van der Waals surface area (Å²) in [6.45, 7) is 0. The Balaban J connectivity index is 1.54. The molecule has 2 aromatic rings. The van der Waals surface area contributed by atoms with Crippen molar-refractivity contribution >= 4 is 5.91 Å². The summed E-state index contributed by atoms with van der Waals surface area (Å²) >= 11 is 0. The summed E-state index contributed by atoms with van der Waals surface area (Å²) in [6, 6.07) is 8.31. The average molecular weight is 373 g/mol. The fraction of sp³-hybridized carbons (Fsp3) is 0.400. The molecule has 0 unspecified atom stereocenters. The molecule has 0 aliphatic heterocycles. The Kier molecular flexibility index (Phi) is 6.01. The number of nitrogens with one attached hydrogen (secondary N) is 1. The van der Waals surface area contributed by atoms with Crippen LogP contribution in [0.25, 0.3) is 0 Å². The van der Waals surface area contributed by atoms with Crippen molar-refractivity contribution in [3.8, 4) is 17.2 Å². The Morgan fingerprint density at radius 1 is 1.04 bits per heavy atom. The van der Waals surface area contributed by atoms with Crippen molar-refractivity contribution in [2.24, 2.45) is 0 Å². The van der Waals surface area contributed by atoms with Gasteiger partial charge in [-0.3, -0.25) is 4.79 Å². The van der Waals surface area contributed by atoms with E-state index >= 15 is 0 Å². The van der Waals surface area contributed by atoms with Gasteiger partial charge in [-0.15, -0.1) is 0 Å². The van der Waals surface area contributed by atoms with Crippen LogP contribution >= 0.6 is 0 Å². The van der Waals surface area contributed by atoms with Crippen molar-refractivity contribution in [2.45, 2.75) is 37.8 Å². The van der Waals surface area contributed by atoms with Gasteiger partial charge in [0.2, 0.25) is 5.75 Å². The summed E-state index contributed by atoms with van der Waals surface area (Å²) < 4.78 is 21.5. The van der Waals surface area contributed by atoms with Crippen LogP contribution in [0.1, 0.15) is 36.0 Å². The van der Waals surface area contributed by atoms with Crippen LogP contribution in [0.2, 0.25) is 0 Å². The van der Waals surface area contributed by atoms with Gasteiger partial charge in [0.15, 0.2) is 11.5 Å². The minimum atomic E-state index is -0.475. The minimum Gasteiger partial charge on any atom is -0.493 e. The Morgan fingerprint density at radius 3 is 2.41 bits per heavy atom. The van der Waals surface area contributed by atoms with E-state index in [9.17, 15) is 9.59 Å². The van der Waals surface area contributed by atoms with E-state index in [1.807, 2.05) is 18.2 Å². The van der Waals surface area contributed by atoms with Gasteiger partial charge in [0.25, 0.3) is 5.91 Å². The molecule has 1 amide bonds. The molecule has 0 atom stereocenters. The van der Waals surface area contributed by atoms with E-state index < -0.39 is 5.63 Å². The lowest BCUT2D eigenvalue weighted by Crippen LogP contribution is -2.39. The Morgan fingerprint density at radius 2 is 1.78 bits per heavy atom. The first kappa shape index (κ1) is 18.8. The number of hydrogen-bond donors (Lipinski definition) is 1. The molecule has 144 valence electrons. The Hall–Kier alpha value is -2.96. The molecule has 1 N–H and O–H groups in total. The van der Waals surface area contributed by atoms with Crippen molar-refractivity contribution in [1.29, 1.82) is 0 Å². The summed E-state index contributed by atoms with van der Waals surface area (Å²) in [6.07, 6.45) is 4.47. The van der Waals surface area contributed by atoms with Crippen molar-refractivity contribution < 1.29 is 23.4 Å². The Labute approximate surface area is 157 Å². The van der Waals surface area contributed by atoms with Crippen LogP contribution in [0.3, 0.4) is 0 Å². The molecule has 3 rings (SSSR count). The predicted octanol–water partition coefficient (Wildman–Crippen LogP) is 2.78. The largest absolute Gasteiger partial charge is 0.493 e. The zero-order chi connectivity index (χ0) is 19.2. The molecule has 1 aromatic heterocycles. The van der Waals surface area contributed by atoms with Crippen LogP contribution in [0.4, 0.5) is 0 Å². The first-order valence-corrected chi connectivity index (χ1v) is 8.88. The van der Waals surface area contributed by atoms with Crippen molar-refractivity contribution in [1.82, 2.24) is 5.32 Å². The van der Waals surface area contributed by atoms with Crippen LogP contribution in [-0.2, 0) is 0 Å². The second-order valence-corrected chi connectivity index (χ2v) is 6.40. The topological polar surface area (TPSA) is 87.0 Å². The smallest absolute Gasteiger partial charge is 0.335 e. The third-order valence-electron chi connectivity index (χ3n) is 4.63. The summed E-state index contributed by atoms with van der Waals surface area (Å²) in [7, 11) is 3.18. The third-order valence-corrected chi connectivity index (χ3v) is 4.63. The first-order chi connectivity index (χ1) is 13.1. The molecule has 0 bridgehead atoms. The zero-order valence-electron chi connectivity index (χ0n) is 15.4. The molecule has 0 radical (unpaired) electrons. The number of benzene rings is 1. The second kappa shape index (κ2) is 8.62. The molecule has 0 saturated heterocycles. The van der Waals surface area contributed by atoms with Crippen molar-refractivity contribution in [2.75, 3.05) is 14.2 Å². The van der Waals surface area contributed by atoms with Gasteiger partial charge in [-0.25, -0.2) is 4.79 Å². The van der Waals surface area contributed by atoms with Crippen LogP contribution in [0.5, 0.6) is 17.2 Å². The Bertz CT molecular complexity index is 818. The van der Waals surface area contributed by atoms with Gasteiger partial charge in [-0.2, -0.15) is 0 Å². The minimum absolute atomic E-state index is 0.0499. The normalized spacial score (nSPS) is 19.2. The molecular formula is C20H23NO6. The number of methoxy groups -OCH3 is 2. The van der Waals surface area contributed by atoms with E-state index in [4.69, 9.17) is 18.6 Å². The summed E-state index contributed by atoms with van der Waals surface area (Å²) in [5.41, 5.74) is -0.133. The molecule has 7 nitrogen and oxygen atoms in total. The van der Waals surface area contributed by atoms with E-state index in [1.54, 1.807) is 14.2 Å². The van der Waals surface area contributed by atoms with Gasteiger partial charge in [-0.1, -0.05) is 6.07 Å². The molecule has 27 heavy (non-hydrogen) atoms. The van der Waals surface area contributed by atoms with Gasteiger partial charge in [0.05, 0.1) is 25.9 Å². The number of para-hydroxylation sites is 1. The van der Waals surface area contributed by atoms with E-state index in [2.05, 4.69) is 5.32 Å². The lowest BCUT2D eigenvalue weighted by molar-refractivity contribution is 0.0889. The monoisotopic (exact) mass is 373 g/mol. The number of amides is 1. The predicted molar refractivity (Wildman–Crippen MR) is 98.7 cm³/mol. The van der Waals surface area contributed by atoms with E-state index in [0.717, 1.165) is 25.7 Å². The molecule has 1 aliphatic carbocycles. The zero-order valence-corrected chi connectivity index (χ0v) is 15.4. The van der Waals surface area contributed by atoms with Gasteiger partial charge >= 0.3 is 5.63 Å². The highest BCUT2D eigenvalue weighted by molar-refractivity contribution is 5.93. The first-order valence-electron chi connectivity index (χ1n) is 8.88. The standard InChI is InChI=1S/C20H23NO6/c1-24-16-4-3-5-17(19(16)25-2)27-15-9-7-14(8-10-15)21-20(23)13-6-11-18(22)26-12-13/h3-6,11-12,14-15H,7-10H2,1-2H3,(H,21,23). The molecule has 1 saturated carbocycles. The molecule has 1 aromatic carbocycles. The van der Waals surface area contributed by atoms with Crippen molar-refractivity contribution in [3.05, 3.63) is 52.6 Å². The summed E-state index contributed by atoms with van der Waals surface area (Å²) in [5, 5.41) is 2.98. The van der Waals surface area contributed by atoms with Gasteiger partial charge in [0, 0.05) is 12.1 Å². The molecule has 7 heteroatoms. The second-order valence-electron chi connectivity index (χ2n) is 6.40. The molecule has 1 aliphatic rings. The fourth-order valence-electron chi connectivity index (χ4n) is 3.21. The summed E-state index contributed by atoms with van der Waals surface area (Å²) in [4.78, 5) is 23.2. The molecular weight excluding hydrogens is 350 g/mol. The lowest BCUT2D eigenvalue weighted by Gasteiger charge is -2.30. The molecule has 1 heterocycles. The van der Waals surface area contributed by atoms with E-state index in [-0.39, 0.29) is 18.1 Å². The SMILES string of the molecule is COc1cccc(OC2CCC(NC(=O)c3ccc(=O)oc3)CC2)c1OC. The van der Waals surface area contributed by atoms with Crippen molar-refractivity contribution in [3.63, 3.8) is 0 Å². The van der Waals surface area contributed by atoms with Gasteiger partial charge in [0.1, 0.15) is 6.26 Å². The highest BCUT2D eigenvalue weighted by Crippen LogP contribution is 2.38. The fourth-order valence-corrected chi connectivity index (χ4v) is 3.21. The maximum atomic E-state index is 12.2. The number of hydrogen-bond acceptors (Lipinski definition) is 6. The van der Waals surface area contributed by atoms with E-state index in [0.29, 0.717) is 22.8 Å². The molecule has 1 fully saturated rings. The maximum Gasteiger partial charge on any atom is 0.335 e.